The molecule has 32 heavy (non-hydrogen) atoms. The number of hydrogen-bond acceptors (Lipinski definition) is 7. The quantitative estimate of drug-likeness (QED) is 0.208. The summed E-state index contributed by atoms with van der Waals surface area (Å²) < 4.78 is 10.8. The van der Waals surface area contributed by atoms with Gasteiger partial charge in [-0.05, 0) is 60.8 Å². The number of nitrogens with one attached hydrogen (secondary N) is 1. The molecule has 0 unspecified atom stereocenters. The van der Waals surface area contributed by atoms with Crippen LogP contribution in [0, 0.1) is 10.1 Å². The number of methoxy groups -OCH3 is 1. The number of anilines is 1. The van der Waals surface area contributed by atoms with Crippen LogP contribution in [0.3, 0.4) is 0 Å². The van der Waals surface area contributed by atoms with Crippen LogP contribution in [0.15, 0.2) is 70.7 Å². The molecule has 0 saturated carbocycles. The van der Waals surface area contributed by atoms with Gasteiger partial charge in [0.15, 0.2) is 5.11 Å². The zero-order valence-corrected chi connectivity index (χ0v) is 17.4. The van der Waals surface area contributed by atoms with Crippen LogP contribution in [0.5, 0.6) is 5.75 Å². The van der Waals surface area contributed by atoms with Crippen molar-refractivity contribution in [2.24, 2.45) is 0 Å². The number of hydrogen-bond donors (Lipinski definition) is 1. The first-order valence-electron chi connectivity index (χ1n) is 9.28. The molecule has 0 spiro atoms. The molecule has 0 bridgehead atoms. The zero-order chi connectivity index (χ0) is 22.8. The van der Waals surface area contributed by atoms with E-state index >= 15 is 0 Å². The molecule has 9 nitrogen and oxygen atoms in total. The fourth-order valence-corrected chi connectivity index (χ4v) is 3.46. The van der Waals surface area contributed by atoms with Gasteiger partial charge in [-0.3, -0.25) is 29.9 Å². The highest BCUT2D eigenvalue weighted by Crippen LogP contribution is 2.32. The number of carbonyl (C=O) groups is 2. The van der Waals surface area contributed by atoms with Crippen LogP contribution in [0.1, 0.15) is 5.76 Å². The van der Waals surface area contributed by atoms with Gasteiger partial charge in [0.05, 0.1) is 23.3 Å². The normalized spacial score (nSPS) is 15.1. The molecule has 2 heterocycles. The average Bonchev–Trinajstić information content (AvgIpc) is 3.25. The average molecular weight is 449 g/mol. The van der Waals surface area contributed by atoms with Gasteiger partial charge in [-0.2, -0.15) is 0 Å². The molecule has 10 heteroatoms. The van der Waals surface area contributed by atoms with E-state index in [1.807, 2.05) is 0 Å². The first-order chi connectivity index (χ1) is 15.4. The Morgan fingerprint density at radius 1 is 1.09 bits per heavy atom. The molecule has 160 valence electrons. The second kappa shape index (κ2) is 8.44. The van der Waals surface area contributed by atoms with Crippen molar-refractivity contribution in [2.75, 3.05) is 12.0 Å². The third-order valence-electron chi connectivity index (χ3n) is 4.71. The first-order valence-corrected chi connectivity index (χ1v) is 9.69. The molecule has 1 aliphatic rings. The van der Waals surface area contributed by atoms with E-state index < -0.39 is 16.7 Å². The molecule has 2 aromatic carbocycles. The number of furan rings is 1. The minimum atomic E-state index is -0.673. The van der Waals surface area contributed by atoms with Gasteiger partial charge in [0.2, 0.25) is 0 Å². The van der Waals surface area contributed by atoms with E-state index in [2.05, 4.69) is 5.32 Å². The van der Waals surface area contributed by atoms with E-state index in [0.717, 1.165) is 0 Å². The lowest BCUT2D eigenvalue weighted by Crippen LogP contribution is -2.54. The van der Waals surface area contributed by atoms with Gasteiger partial charge in [-0.25, -0.2) is 0 Å². The Bertz CT molecular complexity index is 1280. The summed E-state index contributed by atoms with van der Waals surface area (Å²) in [6.45, 7) is 0. The van der Waals surface area contributed by atoms with Crippen LogP contribution in [-0.2, 0) is 9.59 Å². The molecular weight excluding hydrogens is 434 g/mol. The molecule has 0 radical (unpaired) electrons. The van der Waals surface area contributed by atoms with E-state index in [9.17, 15) is 19.7 Å². The monoisotopic (exact) mass is 449 g/mol. The standard InChI is InChI=1S/C22H15N3O6S/c1-30-14-8-6-13(7-9-14)24-21(27)17(20(26)23-22(24)32)12-15-10-11-19(31-15)16-4-2-3-5-18(16)25(28)29/h2-12H,1H3,(H,23,26,32). The summed E-state index contributed by atoms with van der Waals surface area (Å²) in [5.41, 5.74) is 0.413. The summed E-state index contributed by atoms with van der Waals surface area (Å²) in [6, 6.07) is 15.8. The lowest BCUT2D eigenvalue weighted by Gasteiger charge is -2.28. The number of nitro groups is 1. The molecule has 1 aliphatic heterocycles. The minimum Gasteiger partial charge on any atom is -0.497 e. The number of ether oxygens (including phenoxy) is 1. The number of nitro benzene ring substituents is 1. The SMILES string of the molecule is COc1ccc(N2C(=O)C(=Cc3ccc(-c4ccccc4[N+](=O)[O-])o3)C(=O)NC2=S)cc1. The predicted octanol–water partition coefficient (Wildman–Crippen LogP) is 3.69. The van der Waals surface area contributed by atoms with Crippen molar-refractivity contribution in [1.29, 1.82) is 0 Å². The Hall–Kier alpha value is -4.31. The molecule has 0 atom stereocenters. The van der Waals surface area contributed by atoms with Crippen LogP contribution in [0.4, 0.5) is 11.4 Å². The maximum absolute atomic E-state index is 13.1. The molecule has 3 aromatic rings. The summed E-state index contributed by atoms with van der Waals surface area (Å²) >= 11 is 5.18. The lowest BCUT2D eigenvalue weighted by atomic mass is 10.1. The zero-order valence-electron chi connectivity index (χ0n) is 16.6. The maximum Gasteiger partial charge on any atom is 0.280 e. The van der Waals surface area contributed by atoms with E-state index in [1.54, 1.807) is 42.5 Å². The van der Waals surface area contributed by atoms with E-state index in [0.29, 0.717) is 11.4 Å². The summed E-state index contributed by atoms with van der Waals surface area (Å²) in [5, 5.41) is 13.7. The molecule has 0 aliphatic carbocycles. The van der Waals surface area contributed by atoms with Gasteiger partial charge in [-0.1, -0.05) is 12.1 Å². The van der Waals surface area contributed by atoms with Gasteiger partial charge >= 0.3 is 0 Å². The third-order valence-corrected chi connectivity index (χ3v) is 5.00. The van der Waals surface area contributed by atoms with Gasteiger partial charge in [0.25, 0.3) is 17.5 Å². The molecule has 1 fully saturated rings. The van der Waals surface area contributed by atoms with Gasteiger partial charge < -0.3 is 9.15 Å². The molecule has 1 N–H and O–H groups in total. The summed E-state index contributed by atoms with van der Waals surface area (Å²) in [5.74, 6) is -0.294. The lowest BCUT2D eigenvalue weighted by molar-refractivity contribution is -0.384. The van der Waals surface area contributed by atoms with Crippen LogP contribution in [0.2, 0.25) is 0 Å². The predicted molar refractivity (Wildman–Crippen MR) is 120 cm³/mol. The summed E-state index contributed by atoms with van der Waals surface area (Å²) in [7, 11) is 1.52. The van der Waals surface area contributed by atoms with Gasteiger partial charge in [0.1, 0.15) is 22.8 Å². The van der Waals surface area contributed by atoms with Crippen molar-refractivity contribution in [1.82, 2.24) is 5.32 Å². The van der Waals surface area contributed by atoms with Gasteiger partial charge in [-0.15, -0.1) is 0 Å². The molecule has 4 rings (SSSR count). The van der Waals surface area contributed by atoms with E-state index in [1.165, 1.54) is 36.3 Å². The third kappa shape index (κ3) is 3.86. The highest BCUT2D eigenvalue weighted by molar-refractivity contribution is 7.80. The Kier molecular flexibility index (Phi) is 5.52. The van der Waals surface area contributed by atoms with Crippen molar-refractivity contribution in [3.8, 4) is 17.1 Å². The van der Waals surface area contributed by atoms with Crippen molar-refractivity contribution in [3.63, 3.8) is 0 Å². The highest BCUT2D eigenvalue weighted by atomic mass is 32.1. The van der Waals surface area contributed by atoms with Crippen molar-refractivity contribution < 1.29 is 23.7 Å². The number of nitrogens with zero attached hydrogens (tertiary/aromatic N) is 2. The number of para-hydroxylation sites is 1. The number of benzene rings is 2. The topological polar surface area (TPSA) is 115 Å². The number of carbonyl (C=O) groups excluding carboxylic acids is 2. The van der Waals surface area contributed by atoms with E-state index in [-0.39, 0.29) is 33.5 Å². The second-order valence-electron chi connectivity index (χ2n) is 6.63. The Labute approximate surface area is 187 Å². The molecular formula is C22H15N3O6S. The van der Waals surface area contributed by atoms with Gasteiger partial charge in [0, 0.05) is 6.07 Å². The Balaban J connectivity index is 1.68. The fourth-order valence-electron chi connectivity index (χ4n) is 3.18. The van der Waals surface area contributed by atoms with Crippen molar-refractivity contribution >= 4 is 46.6 Å². The van der Waals surface area contributed by atoms with Crippen LogP contribution >= 0.6 is 12.2 Å². The minimum absolute atomic E-state index is 0.0534. The second-order valence-corrected chi connectivity index (χ2v) is 7.02. The summed E-state index contributed by atoms with van der Waals surface area (Å²) in [4.78, 5) is 37.5. The van der Waals surface area contributed by atoms with Crippen LogP contribution < -0.4 is 15.0 Å². The van der Waals surface area contributed by atoms with Crippen LogP contribution in [0.25, 0.3) is 17.4 Å². The smallest absolute Gasteiger partial charge is 0.280 e. The number of thiocarbonyl (C=S) groups is 1. The summed E-state index contributed by atoms with van der Waals surface area (Å²) in [6.07, 6.45) is 1.27. The molecule has 1 saturated heterocycles. The van der Waals surface area contributed by atoms with Crippen molar-refractivity contribution in [2.45, 2.75) is 0 Å². The number of amides is 2. The largest absolute Gasteiger partial charge is 0.497 e. The Morgan fingerprint density at radius 3 is 2.50 bits per heavy atom. The number of rotatable bonds is 5. The van der Waals surface area contributed by atoms with Crippen LogP contribution in [-0.4, -0.2) is 29.0 Å². The Morgan fingerprint density at radius 2 is 1.81 bits per heavy atom. The maximum atomic E-state index is 13.1. The first kappa shape index (κ1) is 20.9. The molecule has 2 amide bonds. The van der Waals surface area contributed by atoms with E-state index in [4.69, 9.17) is 21.4 Å². The van der Waals surface area contributed by atoms with Crippen molar-refractivity contribution in [3.05, 3.63) is 82.1 Å². The fraction of sp³-hybridized carbons (Fsp3) is 0.0455. The highest BCUT2D eigenvalue weighted by Gasteiger charge is 2.34. The molecule has 1 aromatic heterocycles.